The van der Waals surface area contributed by atoms with Crippen LogP contribution in [0.5, 0.6) is 0 Å². The molecule has 0 spiro atoms. The number of carbonyl (C=O) groups excluding carboxylic acids is 1. The summed E-state index contributed by atoms with van der Waals surface area (Å²) in [6, 6.07) is 6.59. The van der Waals surface area contributed by atoms with Crippen molar-refractivity contribution in [2.75, 3.05) is 0 Å². The quantitative estimate of drug-likeness (QED) is 0.767. The maximum absolute atomic E-state index is 12.8. The van der Waals surface area contributed by atoms with E-state index in [1.54, 1.807) is 12.1 Å². The fraction of sp³-hybridized carbons (Fsp3) is 0.200. The topological polar surface area (TPSA) is 81.3 Å². The second-order valence-corrected chi connectivity index (χ2v) is 5.20. The summed E-state index contributed by atoms with van der Waals surface area (Å²) in [7, 11) is 0. The lowest BCUT2D eigenvalue weighted by Gasteiger charge is -2.08. The Hall–Kier alpha value is -3.17. The van der Waals surface area contributed by atoms with Crippen molar-refractivity contribution < 1.29 is 18.0 Å². The number of pyridine rings is 2. The van der Waals surface area contributed by atoms with Gasteiger partial charge in [-0.25, -0.2) is 0 Å². The van der Waals surface area contributed by atoms with Gasteiger partial charge in [-0.15, -0.1) is 10.2 Å². The number of fused-ring (bicyclic) bond motifs is 1. The number of aromatic nitrogens is 4. The Kier molecular flexibility index (Phi) is 4.26. The first-order valence-corrected chi connectivity index (χ1v) is 7.17. The molecule has 0 saturated carbocycles. The first-order chi connectivity index (χ1) is 11.8. The molecule has 0 atom stereocenters. The van der Waals surface area contributed by atoms with Gasteiger partial charge in [0.05, 0.1) is 12.1 Å². The summed E-state index contributed by atoms with van der Waals surface area (Å²) in [6.07, 6.45) is -2.16. The predicted molar refractivity (Wildman–Crippen MR) is 80.5 cm³/mol. The number of nitrogens with zero attached hydrogens (tertiary/aromatic N) is 4. The van der Waals surface area contributed by atoms with Crippen LogP contribution in [0.3, 0.4) is 0 Å². The van der Waals surface area contributed by atoms with Crippen LogP contribution in [0.2, 0.25) is 0 Å². The third kappa shape index (κ3) is 3.67. The van der Waals surface area contributed by atoms with E-state index in [4.69, 9.17) is 0 Å². The lowest BCUT2D eigenvalue weighted by Crippen LogP contribution is -2.31. The number of rotatable bonds is 4. The second-order valence-electron chi connectivity index (χ2n) is 5.20. The molecule has 3 aromatic rings. The molecule has 3 rings (SSSR count). The van der Waals surface area contributed by atoms with Crippen LogP contribution in [0.25, 0.3) is 5.65 Å². The highest BCUT2D eigenvalue weighted by Gasteiger charge is 2.31. The Morgan fingerprint density at radius 1 is 1.16 bits per heavy atom. The normalized spacial score (nSPS) is 11.6. The molecule has 0 aliphatic rings. The zero-order valence-electron chi connectivity index (χ0n) is 12.7. The van der Waals surface area contributed by atoms with Gasteiger partial charge >= 0.3 is 6.18 Å². The molecule has 0 saturated heterocycles. The highest BCUT2D eigenvalue weighted by Crippen LogP contribution is 2.29. The van der Waals surface area contributed by atoms with Crippen molar-refractivity contribution in [2.24, 2.45) is 0 Å². The molecule has 1 N–H and O–H groups in total. The zero-order valence-corrected chi connectivity index (χ0v) is 12.7. The summed E-state index contributed by atoms with van der Waals surface area (Å²) in [5.41, 5.74) is -0.944. The van der Waals surface area contributed by atoms with Crippen molar-refractivity contribution in [2.45, 2.75) is 19.3 Å². The van der Waals surface area contributed by atoms with Crippen LogP contribution in [0, 0.1) is 0 Å². The van der Waals surface area contributed by atoms with E-state index in [-0.39, 0.29) is 30.1 Å². The highest BCUT2D eigenvalue weighted by molar-refractivity contribution is 5.75. The molecular weight excluding hydrogens is 339 g/mol. The van der Waals surface area contributed by atoms with Crippen molar-refractivity contribution in [3.05, 3.63) is 64.5 Å². The van der Waals surface area contributed by atoms with E-state index < -0.39 is 17.6 Å². The van der Waals surface area contributed by atoms with E-state index in [0.717, 1.165) is 16.7 Å². The molecule has 25 heavy (non-hydrogen) atoms. The number of amides is 1. The molecule has 0 aliphatic carbocycles. The molecule has 10 heteroatoms. The highest BCUT2D eigenvalue weighted by atomic mass is 19.4. The predicted octanol–water partition coefficient (Wildman–Crippen LogP) is 1.23. The molecule has 0 aromatic carbocycles. The van der Waals surface area contributed by atoms with Crippen LogP contribution in [-0.2, 0) is 24.1 Å². The van der Waals surface area contributed by atoms with Crippen molar-refractivity contribution in [3.8, 4) is 0 Å². The first-order valence-electron chi connectivity index (χ1n) is 7.17. The van der Waals surface area contributed by atoms with Gasteiger partial charge in [0.15, 0.2) is 11.5 Å². The summed E-state index contributed by atoms with van der Waals surface area (Å²) in [5.74, 6) is -0.327. The van der Waals surface area contributed by atoms with Gasteiger partial charge < -0.3 is 9.88 Å². The van der Waals surface area contributed by atoms with Gasteiger partial charge in [-0.05, 0) is 18.2 Å². The van der Waals surface area contributed by atoms with Crippen molar-refractivity contribution in [1.82, 2.24) is 24.5 Å². The van der Waals surface area contributed by atoms with Crippen LogP contribution in [0.15, 0.2) is 47.5 Å². The van der Waals surface area contributed by atoms with Gasteiger partial charge in [-0.1, -0.05) is 6.07 Å². The Bertz CT molecular complexity index is 977. The molecule has 7 nitrogen and oxygen atoms in total. The van der Waals surface area contributed by atoms with Gasteiger partial charge in [0, 0.05) is 18.5 Å². The van der Waals surface area contributed by atoms with Gasteiger partial charge in [0.2, 0.25) is 5.91 Å². The third-order valence-corrected chi connectivity index (χ3v) is 3.46. The summed E-state index contributed by atoms with van der Waals surface area (Å²) < 4.78 is 40.7. The minimum Gasteiger partial charge on any atom is -0.347 e. The number of hydrogen-bond acceptors (Lipinski definition) is 4. The molecular formula is C15H12F3N5O2. The number of alkyl halides is 3. The summed E-state index contributed by atoms with van der Waals surface area (Å²) in [4.78, 5) is 23.5. The summed E-state index contributed by atoms with van der Waals surface area (Å²) >= 11 is 0. The van der Waals surface area contributed by atoms with Crippen LogP contribution < -0.4 is 10.9 Å². The molecule has 0 radical (unpaired) electrons. The van der Waals surface area contributed by atoms with Gasteiger partial charge in [0.25, 0.3) is 5.56 Å². The molecule has 0 fully saturated rings. The largest absolute Gasteiger partial charge is 0.417 e. The van der Waals surface area contributed by atoms with E-state index in [1.165, 1.54) is 22.9 Å². The van der Waals surface area contributed by atoms with Gasteiger partial charge in [-0.3, -0.25) is 14.0 Å². The molecule has 0 aliphatic heterocycles. The van der Waals surface area contributed by atoms with Gasteiger partial charge in [0.1, 0.15) is 6.54 Å². The summed E-state index contributed by atoms with van der Waals surface area (Å²) in [5, 5.41) is 10.0. The molecule has 3 aromatic heterocycles. The average molecular weight is 351 g/mol. The maximum Gasteiger partial charge on any atom is 0.417 e. The molecule has 0 bridgehead atoms. The maximum atomic E-state index is 12.8. The Balaban J connectivity index is 1.74. The van der Waals surface area contributed by atoms with Crippen LogP contribution in [0.1, 0.15) is 11.4 Å². The Labute approximate surface area is 138 Å². The smallest absolute Gasteiger partial charge is 0.347 e. The molecule has 1 amide bonds. The van der Waals surface area contributed by atoms with Crippen LogP contribution in [-0.4, -0.2) is 25.1 Å². The zero-order chi connectivity index (χ0) is 18.0. The number of nitrogens with one attached hydrogen (secondary N) is 1. The lowest BCUT2D eigenvalue weighted by molar-refractivity contribution is -0.137. The third-order valence-electron chi connectivity index (χ3n) is 3.46. The average Bonchev–Trinajstić information content (AvgIpc) is 2.96. The fourth-order valence-corrected chi connectivity index (χ4v) is 2.21. The van der Waals surface area contributed by atoms with Crippen molar-refractivity contribution in [1.29, 1.82) is 0 Å². The van der Waals surface area contributed by atoms with Crippen LogP contribution >= 0.6 is 0 Å². The SMILES string of the molecule is O=C(Cn1ccccc1=O)NCc1nnc2ccc(C(F)(F)F)cn12. The second kappa shape index (κ2) is 6.38. The first kappa shape index (κ1) is 16.7. The van der Waals surface area contributed by atoms with E-state index in [2.05, 4.69) is 15.5 Å². The van der Waals surface area contributed by atoms with E-state index in [1.807, 2.05) is 0 Å². The van der Waals surface area contributed by atoms with Crippen molar-refractivity contribution in [3.63, 3.8) is 0 Å². The number of hydrogen-bond donors (Lipinski definition) is 1. The lowest BCUT2D eigenvalue weighted by atomic mass is 10.3. The molecule has 130 valence electrons. The minimum absolute atomic E-state index is 0.122. The monoisotopic (exact) mass is 351 g/mol. The number of carbonyl (C=O) groups is 1. The van der Waals surface area contributed by atoms with E-state index in [9.17, 15) is 22.8 Å². The standard InChI is InChI=1S/C15H12F3N5O2/c16-15(17,18)10-4-5-11-20-21-12(23(11)8-10)7-19-13(24)9-22-6-2-1-3-14(22)25/h1-6,8H,7,9H2,(H,19,24). The Morgan fingerprint density at radius 3 is 2.68 bits per heavy atom. The van der Waals surface area contributed by atoms with Gasteiger partial charge in [-0.2, -0.15) is 13.2 Å². The van der Waals surface area contributed by atoms with Crippen molar-refractivity contribution >= 4 is 11.6 Å². The summed E-state index contributed by atoms with van der Waals surface area (Å²) in [6.45, 7) is -0.326. The number of halogens is 3. The fourth-order valence-electron chi connectivity index (χ4n) is 2.21. The minimum atomic E-state index is -4.49. The Morgan fingerprint density at radius 2 is 1.96 bits per heavy atom. The van der Waals surface area contributed by atoms with Crippen LogP contribution in [0.4, 0.5) is 13.2 Å². The van der Waals surface area contributed by atoms with E-state index in [0.29, 0.717) is 0 Å². The molecule has 0 unspecified atom stereocenters. The van der Waals surface area contributed by atoms with E-state index >= 15 is 0 Å². The molecule has 3 heterocycles.